The first-order valence-corrected chi connectivity index (χ1v) is 17.4. The van der Waals surface area contributed by atoms with Crippen LogP contribution in [0.4, 0.5) is 0 Å². The van der Waals surface area contributed by atoms with Crippen molar-refractivity contribution in [3.63, 3.8) is 0 Å². The van der Waals surface area contributed by atoms with Crippen LogP contribution in [0.1, 0.15) is 144 Å². The van der Waals surface area contributed by atoms with Gasteiger partial charge in [-0.15, -0.1) is 0 Å². The van der Waals surface area contributed by atoms with Crippen LogP contribution in [-0.2, 0) is 13.3 Å². The molecule has 0 aromatic carbocycles. The van der Waals surface area contributed by atoms with Gasteiger partial charge in [0, 0.05) is 32.3 Å². The number of rotatable bonds is 26. The first-order valence-electron chi connectivity index (χ1n) is 15.4. The smallest absolute Gasteiger partial charge is 0.374 e. The topological polar surface area (TPSA) is 27.7 Å². The summed E-state index contributed by atoms with van der Waals surface area (Å²) in [5.41, 5.74) is 0.237. The van der Waals surface area contributed by atoms with Gasteiger partial charge in [-0.3, -0.25) is 0 Å². The predicted molar refractivity (Wildman–Crippen MR) is 156 cm³/mol. The third-order valence-corrected chi connectivity index (χ3v) is 11.2. The minimum absolute atomic E-state index is 0.237. The zero-order valence-corrected chi connectivity index (χ0v) is 26.5. The lowest BCUT2D eigenvalue weighted by molar-refractivity contribution is -0.938. The molecule has 0 atom stereocenters. The monoisotopic (exact) mass is 516 g/mol. The van der Waals surface area contributed by atoms with E-state index in [4.69, 9.17) is 13.3 Å². The second kappa shape index (κ2) is 21.0. The maximum Gasteiger partial charge on any atom is 0.500 e. The third kappa shape index (κ3) is 16.5. The molecule has 0 N–H and O–H groups in total. The summed E-state index contributed by atoms with van der Waals surface area (Å²) in [6, 6.07) is 0.921. The van der Waals surface area contributed by atoms with Gasteiger partial charge >= 0.3 is 8.80 Å². The van der Waals surface area contributed by atoms with Crippen molar-refractivity contribution in [3.8, 4) is 0 Å². The normalized spacial score (nSPS) is 13.0. The van der Waals surface area contributed by atoms with Gasteiger partial charge in [-0.2, -0.15) is 0 Å². The van der Waals surface area contributed by atoms with Crippen molar-refractivity contribution in [3.05, 3.63) is 0 Å². The summed E-state index contributed by atoms with van der Waals surface area (Å²) in [7, 11) is 2.31. The summed E-state index contributed by atoms with van der Waals surface area (Å²) < 4.78 is 19.3. The van der Waals surface area contributed by atoms with Crippen molar-refractivity contribution in [1.29, 1.82) is 0 Å². The molecule has 35 heavy (non-hydrogen) atoms. The first kappa shape index (κ1) is 35.1. The average molecular weight is 517 g/mol. The van der Waals surface area contributed by atoms with E-state index < -0.39 is 8.80 Å². The largest absolute Gasteiger partial charge is 0.500 e. The van der Waals surface area contributed by atoms with E-state index in [0.717, 1.165) is 16.9 Å². The van der Waals surface area contributed by atoms with Gasteiger partial charge in [0.15, 0.2) is 0 Å². The summed E-state index contributed by atoms with van der Waals surface area (Å²) in [6.45, 7) is 16.5. The fourth-order valence-corrected chi connectivity index (χ4v) is 7.66. The quantitative estimate of drug-likeness (QED) is 0.0651. The van der Waals surface area contributed by atoms with Crippen LogP contribution >= 0.6 is 0 Å². The second-order valence-electron chi connectivity index (χ2n) is 11.7. The molecule has 0 aliphatic carbocycles. The molecule has 212 valence electrons. The molecule has 0 rings (SSSR count). The SMILES string of the molecule is CCCCCCCCCCCCCCCC[N+](C)(C)C(C)(C)CCC[Si](OCC)(OCC)OCC. The average Bonchev–Trinajstić information content (AvgIpc) is 2.79. The highest BCUT2D eigenvalue weighted by Gasteiger charge is 2.42. The summed E-state index contributed by atoms with van der Waals surface area (Å²) in [5.74, 6) is 0. The Morgan fingerprint density at radius 2 is 0.914 bits per heavy atom. The summed E-state index contributed by atoms with van der Waals surface area (Å²) in [5, 5.41) is 0. The van der Waals surface area contributed by atoms with E-state index >= 15 is 0 Å². The minimum atomic E-state index is -2.52. The van der Waals surface area contributed by atoms with E-state index in [1.54, 1.807) is 0 Å². The van der Waals surface area contributed by atoms with Crippen LogP contribution in [0.5, 0.6) is 0 Å². The van der Waals surface area contributed by atoms with Crippen molar-refractivity contribution in [2.45, 2.75) is 156 Å². The van der Waals surface area contributed by atoms with Crippen molar-refractivity contribution < 1.29 is 17.8 Å². The lowest BCUT2D eigenvalue weighted by Crippen LogP contribution is -2.56. The van der Waals surface area contributed by atoms with E-state index in [0.29, 0.717) is 19.8 Å². The summed E-state index contributed by atoms with van der Waals surface area (Å²) in [4.78, 5) is 0. The number of nitrogens with zero attached hydrogens (tertiary/aromatic N) is 1. The molecule has 0 saturated carbocycles. The van der Waals surface area contributed by atoms with Crippen molar-refractivity contribution in [2.24, 2.45) is 0 Å². The minimum Gasteiger partial charge on any atom is -0.374 e. The molecule has 0 heterocycles. The zero-order chi connectivity index (χ0) is 26.5. The molecule has 5 heteroatoms. The molecule has 0 bridgehead atoms. The molecule has 0 aromatic rings. The highest BCUT2D eigenvalue weighted by molar-refractivity contribution is 6.60. The fraction of sp³-hybridized carbons (Fsp3) is 1.00. The van der Waals surface area contributed by atoms with Crippen LogP contribution in [0.2, 0.25) is 6.04 Å². The third-order valence-electron chi connectivity index (χ3n) is 8.07. The van der Waals surface area contributed by atoms with Gasteiger partial charge < -0.3 is 17.8 Å². The van der Waals surface area contributed by atoms with Gasteiger partial charge in [0.25, 0.3) is 0 Å². The van der Waals surface area contributed by atoms with Crippen LogP contribution in [0.15, 0.2) is 0 Å². The van der Waals surface area contributed by atoms with Crippen LogP contribution in [0, 0.1) is 0 Å². The highest BCUT2D eigenvalue weighted by Crippen LogP contribution is 2.30. The maximum absolute atomic E-state index is 6.06. The maximum atomic E-state index is 6.06. The van der Waals surface area contributed by atoms with Gasteiger partial charge in [0.2, 0.25) is 0 Å². The molecule has 0 spiro atoms. The van der Waals surface area contributed by atoms with Crippen LogP contribution in [0.3, 0.4) is 0 Å². The number of quaternary nitrogens is 1. The van der Waals surface area contributed by atoms with Gasteiger partial charge in [-0.05, 0) is 53.9 Å². The van der Waals surface area contributed by atoms with Gasteiger partial charge in [-0.1, -0.05) is 84.0 Å². The zero-order valence-electron chi connectivity index (χ0n) is 25.5. The Hall–Kier alpha value is 0.0569. The molecule has 0 saturated heterocycles. The number of hydrogen-bond donors (Lipinski definition) is 0. The van der Waals surface area contributed by atoms with E-state index in [1.807, 2.05) is 20.8 Å². The van der Waals surface area contributed by atoms with Crippen molar-refractivity contribution in [2.75, 3.05) is 40.5 Å². The molecular weight excluding hydrogens is 450 g/mol. The number of unbranched alkanes of at least 4 members (excludes halogenated alkanes) is 13. The molecule has 0 aliphatic rings. The van der Waals surface area contributed by atoms with Crippen molar-refractivity contribution >= 4 is 8.80 Å². The van der Waals surface area contributed by atoms with Gasteiger partial charge in [0.05, 0.1) is 26.2 Å². The van der Waals surface area contributed by atoms with E-state index in [1.165, 1.54) is 103 Å². The number of hydrogen-bond acceptors (Lipinski definition) is 3. The second-order valence-corrected chi connectivity index (χ2v) is 14.4. The van der Waals surface area contributed by atoms with Crippen LogP contribution in [0.25, 0.3) is 0 Å². The lowest BCUT2D eigenvalue weighted by Gasteiger charge is -2.45. The molecule has 0 amide bonds. The molecule has 0 aromatic heterocycles. The standard InChI is InChI=1S/C30H66NO3Si/c1-9-13-14-15-16-17-18-19-20-21-22-23-24-25-28-31(7,8)30(5,6)27-26-29-35(32-10-2,33-11-3)34-12-4/h9-29H2,1-8H3/q+1. The molecule has 0 unspecified atom stereocenters. The van der Waals surface area contributed by atoms with Gasteiger partial charge in [0.1, 0.15) is 0 Å². The molecule has 0 aliphatic heterocycles. The van der Waals surface area contributed by atoms with Crippen molar-refractivity contribution in [1.82, 2.24) is 0 Å². The predicted octanol–water partition coefficient (Wildman–Crippen LogP) is 9.15. The highest BCUT2D eigenvalue weighted by atomic mass is 28.4. The van der Waals surface area contributed by atoms with Crippen LogP contribution in [-0.4, -0.2) is 59.3 Å². The Morgan fingerprint density at radius 1 is 0.543 bits per heavy atom. The van der Waals surface area contributed by atoms with E-state index in [-0.39, 0.29) is 5.54 Å². The fourth-order valence-electron chi connectivity index (χ4n) is 5.05. The van der Waals surface area contributed by atoms with E-state index in [2.05, 4.69) is 34.9 Å². The summed E-state index contributed by atoms with van der Waals surface area (Å²) in [6.07, 6.45) is 22.2. The Bertz CT molecular complexity index is 453. The van der Waals surface area contributed by atoms with Gasteiger partial charge in [-0.25, -0.2) is 0 Å². The first-order chi connectivity index (χ1) is 16.7. The summed E-state index contributed by atoms with van der Waals surface area (Å²) >= 11 is 0. The Morgan fingerprint density at radius 3 is 1.29 bits per heavy atom. The molecule has 0 radical (unpaired) electrons. The van der Waals surface area contributed by atoms with Crippen LogP contribution < -0.4 is 0 Å². The lowest BCUT2D eigenvalue weighted by atomic mass is 9.93. The Kier molecular flexibility index (Phi) is 21.1. The Labute approximate surface area is 222 Å². The molecule has 4 nitrogen and oxygen atoms in total. The molecule has 0 fully saturated rings. The Balaban J connectivity index is 4.07. The molecular formula is C30H66NO3Si+. The van der Waals surface area contributed by atoms with E-state index in [9.17, 15) is 0 Å².